The summed E-state index contributed by atoms with van der Waals surface area (Å²) in [5, 5.41) is 3.15. The van der Waals surface area contributed by atoms with Crippen LogP contribution in [0.25, 0.3) is 0 Å². The highest BCUT2D eigenvalue weighted by Crippen LogP contribution is 2.19. The molecule has 1 amide bonds. The lowest BCUT2D eigenvalue weighted by molar-refractivity contribution is -0.121. The number of piperidine rings is 1. The Kier molecular flexibility index (Phi) is 6.84. The van der Waals surface area contributed by atoms with Crippen molar-refractivity contribution < 1.29 is 4.79 Å². The molecule has 3 nitrogen and oxygen atoms in total. The Bertz CT molecular complexity index is 698. The van der Waals surface area contributed by atoms with Crippen LogP contribution in [0.15, 0.2) is 54.6 Å². The normalized spacial score (nSPS) is 17.8. The number of rotatable bonds is 7. The van der Waals surface area contributed by atoms with Crippen LogP contribution in [0, 0.1) is 12.8 Å². The van der Waals surface area contributed by atoms with E-state index < -0.39 is 0 Å². The van der Waals surface area contributed by atoms with Gasteiger partial charge in [-0.2, -0.15) is 0 Å². The molecule has 1 unspecified atom stereocenters. The van der Waals surface area contributed by atoms with E-state index in [2.05, 4.69) is 53.5 Å². The maximum absolute atomic E-state index is 12.2. The largest absolute Gasteiger partial charge is 0.356 e. The second kappa shape index (κ2) is 9.54. The fraction of sp³-hybridized carbons (Fsp3) is 0.435. The van der Waals surface area contributed by atoms with E-state index in [9.17, 15) is 4.79 Å². The first kappa shape index (κ1) is 18.7. The summed E-state index contributed by atoms with van der Waals surface area (Å²) < 4.78 is 0. The van der Waals surface area contributed by atoms with Crippen LogP contribution in [0.3, 0.4) is 0 Å². The number of hydrogen-bond donors (Lipinski definition) is 1. The molecule has 2 aromatic carbocycles. The molecular formula is C23H30N2O. The van der Waals surface area contributed by atoms with Gasteiger partial charge in [-0.25, -0.2) is 0 Å². The number of nitrogens with zero attached hydrogens (tertiary/aromatic N) is 1. The van der Waals surface area contributed by atoms with Gasteiger partial charge < -0.3 is 5.32 Å². The van der Waals surface area contributed by atoms with E-state index >= 15 is 0 Å². The van der Waals surface area contributed by atoms with Crippen molar-refractivity contribution in [3.05, 3.63) is 71.3 Å². The van der Waals surface area contributed by atoms with Crippen molar-refractivity contribution in [3.63, 3.8) is 0 Å². The highest BCUT2D eigenvalue weighted by molar-refractivity contribution is 5.76. The van der Waals surface area contributed by atoms with E-state index in [1.807, 2.05) is 18.2 Å². The van der Waals surface area contributed by atoms with Crippen molar-refractivity contribution in [2.75, 3.05) is 19.6 Å². The second-order valence-corrected chi connectivity index (χ2v) is 7.46. The number of hydrogen-bond acceptors (Lipinski definition) is 2. The first-order valence-electron chi connectivity index (χ1n) is 9.78. The molecule has 0 bridgehead atoms. The molecule has 1 heterocycles. The summed E-state index contributed by atoms with van der Waals surface area (Å²) in [6.45, 7) is 6.24. The Morgan fingerprint density at radius 1 is 1.12 bits per heavy atom. The molecule has 0 spiro atoms. The van der Waals surface area contributed by atoms with Crippen LogP contribution in [-0.2, 0) is 17.8 Å². The van der Waals surface area contributed by atoms with Gasteiger partial charge in [-0.15, -0.1) is 0 Å². The van der Waals surface area contributed by atoms with Gasteiger partial charge in [-0.3, -0.25) is 9.69 Å². The standard InChI is InChI=1S/C23H30N2O/c1-19-8-5-6-12-22(19)18-25-15-7-11-21(17-25)16-24-23(26)14-13-20-9-3-2-4-10-20/h2-6,8-10,12,21H,7,11,13-18H2,1H3,(H,24,26). The van der Waals surface area contributed by atoms with Crippen LogP contribution < -0.4 is 5.32 Å². The maximum Gasteiger partial charge on any atom is 0.220 e. The molecule has 1 saturated heterocycles. The molecule has 0 radical (unpaired) electrons. The van der Waals surface area contributed by atoms with E-state index in [1.54, 1.807) is 0 Å². The molecule has 3 rings (SSSR count). The zero-order valence-corrected chi connectivity index (χ0v) is 15.8. The number of nitrogens with one attached hydrogen (secondary N) is 1. The average Bonchev–Trinajstić information content (AvgIpc) is 2.68. The summed E-state index contributed by atoms with van der Waals surface area (Å²) in [6.07, 6.45) is 3.82. The van der Waals surface area contributed by atoms with Crippen LogP contribution in [0.5, 0.6) is 0 Å². The average molecular weight is 351 g/mol. The topological polar surface area (TPSA) is 32.3 Å². The van der Waals surface area contributed by atoms with Crippen molar-refractivity contribution in [2.24, 2.45) is 5.92 Å². The van der Waals surface area contributed by atoms with E-state index in [0.717, 1.165) is 32.6 Å². The van der Waals surface area contributed by atoms with Gasteiger partial charge >= 0.3 is 0 Å². The van der Waals surface area contributed by atoms with Crippen LogP contribution in [0.2, 0.25) is 0 Å². The minimum absolute atomic E-state index is 0.171. The SMILES string of the molecule is Cc1ccccc1CN1CCCC(CNC(=O)CCc2ccccc2)C1. The van der Waals surface area contributed by atoms with Gasteiger partial charge in [0.15, 0.2) is 0 Å². The second-order valence-electron chi connectivity index (χ2n) is 7.46. The van der Waals surface area contributed by atoms with Crippen molar-refractivity contribution in [2.45, 2.75) is 39.2 Å². The molecule has 1 aliphatic rings. The number of amides is 1. The quantitative estimate of drug-likeness (QED) is 0.820. The summed E-state index contributed by atoms with van der Waals surface area (Å²) in [5.74, 6) is 0.735. The molecule has 0 saturated carbocycles. The minimum atomic E-state index is 0.171. The molecule has 0 aliphatic carbocycles. The van der Waals surface area contributed by atoms with Gasteiger partial charge in [0.2, 0.25) is 5.91 Å². The summed E-state index contributed by atoms with van der Waals surface area (Å²) in [4.78, 5) is 14.7. The molecule has 1 aliphatic heterocycles. The lowest BCUT2D eigenvalue weighted by Gasteiger charge is -2.33. The van der Waals surface area contributed by atoms with Crippen molar-refractivity contribution in [3.8, 4) is 0 Å². The lowest BCUT2D eigenvalue weighted by atomic mass is 9.97. The fourth-order valence-electron chi connectivity index (χ4n) is 3.74. The first-order chi connectivity index (χ1) is 12.7. The molecular weight excluding hydrogens is 320 g/mol. The van der Waals surface area contributed by atoms with Gasteiger partial charge in [-0.1, -0.05) is 54.6 Å². The molecule has 26 heavy (non-hydrogen) atoms. The highest BCUT2D eigenvalue weighted by atomic mass is 16.1. The molecule has 1 atom stereocenters. The fourth-order valence-corrected chi connectivity index (χ4v) is 3.74. The van der Waals surface area contributed by atoms with E-state index in [4.69, 9.17) is 0 Å². The van der Waals surface area contributed by atoms with Crippen LogP contribution in [0.4, 0.5) is 0 Å². The van der Waals surface area contributed by atoms with E-state index in [-0.39, 0.29) is 5.91 Å². The lowest BCUT2D eigenvalue weighted by Crippen LogP contribution is -2.40. The van der Waals surface area contributed by atoms with E-state index in [1.165, 1.54) is 29.5 Å². The zero-order chi connectivity index (χ0) is 18.2. The number of carbonyl (C=O) groups is 1. The molecule has 1 fully saturated rings. The third-order valence-electron chi connectivity index (χ3n) is 5.33. The summed E-state index contributed by atoms with van der Waals surface area (Å²) in [6, 6.07) is 18.9. The molecule has 3 heteroatoms. The number of likely N-dealkylation sites (tertiary alicyclic amines) is 1. The van der Waals surface area contributed by atoms with Crippen LogP contribution >= 0.6 is 0 Å². The van der Waals surface area contributed by atoms with Crippen molar-refractivity contribution >= 4 is 5.91 Å². The first-order valence-corrected chi connectivity index (χ1v) is 9.78. The minimum Gasteiger partial charge on any atom is -0.356 e. The predicted octanol–water partition coefficient (Wildman–Crippen LogP) is 3.96. The monoisotopic (exact) mass is 350 g/mol. The van der Waals surface area contributed by atoms with Gasteiger partial charge in [0.05, 0.1) is 0 Å². The molecule has 2 aromatic rings. The third kappa shape index (κ3) is 5.70. The Morgan fingerprint density at radius 3 is 2.69 bits per heavy atom. The summed E-state index contributed by atoms with van der Waals surface area (Å²) in [7, 11) is 0. The zero-order valence-electron chi connectivity index (χ0n) is 15.8. The number of benzene rings is 2. The highest BCUT2D eigenvalue weighted by Gasteiger charge is 2.20. The van der Waals surface area contributed by atoms with E-state index in [0.29, 0.717) is 12.3 Å². The third-order valence-corrected chi connectivity index (χ3v) is 5.33. The van der Waals surface area contributed by atoms with Gasteiger partial charge in [0.25, 0.3) is 0 Å². The predicted molar refractivity (Wildman–Crippen MR) is 107 cm³/mol. The van der Waals surface area contributed by atoms with Gasteiger partial charge in [0.1, 0.15) is 0 Å². The van der Waals surface area contributed by atoms with Crippen LogP contribution in [-0.4, -0.2) is 30.4 Å². The van der Waals surface area contributed by atoms with Crippen LogP contribution in [0.1, 0.15) is 36.0 Å². The van der Waals surface area contributed by atoms with Crippen molar-refractivity contribution in [1.29, 1.82) is 0 Å². The van der Waals surface area contributed by atoms with Crippen molar-refractivity contribution in [1.82, 2.24) is 10.2 Å². The van der Waals surface area contributed by atoms with Gasteiger partial charge in [0, 0.05) is 26.1 Å². The Morgan fingerprint density at radius 2 is 1.88 bits per heavy atom. The molecule has 138 valence electrons. The Balaban J connectivity index is 1.40. The number of carbonyl (C=O) groups excluding carboxylic acids is 1. The molecule has 1 N–H and O–H groups in total. The summed E-state index contributed by atoms with van der Waals surface area (Å²) >= 11 is 0. The summed E-state index contributed by atoms with van der Waals surface area (Å²) in [5.41, 5.74) is 4.01. The molecule has 0 aromatic heterocycles. The maximum atomic E-state index is 12.2. The number of aryl methyl sites for hydroxylation is 2. The smallest absolute Gasteiger partial charge is 0.220 e. The Labute approximate surface area is 157 Å². The Hall–Kier alpha value is -2.13. The van der Waals surface area contributed by atoms with Gasteiger partial charge in [-0.05, 0) is 55.3 Å².